The van der Waals surface area contributed by atoms with E-state index < -0.39 is 12.0 Å². The van der Waals surface area contributed by atoms with Gasteiger partial charge in [0.2, 0.25) is 0 Å². The summed E-state index contributed by atoms with van der Waals surface area (Å²) in [4.78, 5) is 22.7. The van der Waals surface area contributed by atoms with Crippen molar-refractivity contribution in [3.05, 3.63) is 29.9 Å². The third kappa shape index (κ3) is 1.58. The lowest BCUT2D eigenvalue weighted by atomic mass is 10.3. The van der Waals surface area contributed by atoms with Crippen LogP contribution in [-0.2, 0) is 0 Å². The van der Waals surface area contributed by atoms with Crippen molar-refractivity contribution in [2.24, 2.45) is 5.73 Å². The molecule has 1 aromatic rings. The number of amides is 2. The molecule has 1 aromatic heterocycles. The molecule has 2 heterocycles. The van der Waals surface area contributed by atoms with Crippen LogP contribution in [0.4, 0.5) is 4.79 Å². The lowest BCUT2D eigenvalue weighted by Gasteiger charge is -2.12. The number of nitrogens with two attached hydrogens (primary N) is 1. The average molecular weight is 223 g/mol. The van der Waals surface area contributed by atoms with Crippen molar-refractivity contribution in [2.75, 3.05) is 6.67 Å². The van der Waals surface area contributed by atoms with Crippen LogP contribution in [0.3, 0.4) is 0 Å². The van der Waals surface area contributed by atoms with Crippen LogP contribution in [0.5, 0.6) is 0 Å². The molecule has 0 fully saturated rings. The number of hydrogen-bond donors (Lipinski definition) is 3. The molecule has 84 valence electrons. The number of carbonyl (C=O) groups excluding carboxylic acids is 1. The number of furan rings is 1. The summed E-state index contributed by atoms with van der Waals surface area (Å²) in [6.07, 6.45) is 0.394. The number of nitrogens with zero attached hydrogens (tertiary/aromatic N) is 1. The van der Waals surface area contributed by atoms with Gasteiger partial charge in [0.1, 0.15) is 5.70 Å². The monoisotopic (exact) mass is 223 g/mol. The number of nitrogens with one attached hydrogen (secondary N) is 1. The van der Waals surface area contributed by atoms with E-state index in [0.29, 0.717) is 5.70 Å². The Hall–Kier alpha value is -2.44. The lowest BCUT2D eigenvalue weighted by Crippen LogP contribution is -2.28. The van der Waals surface area contributed by atoms with Crippen LogP contribution in [0.1, 0.15) is 16.3 Å². The molecule has 1 aliphatic rings. The van der Waals surface area contributed by atoms with Crippen molar-refractivity contribution in [3.63, 3.8) is 0 Å². The van der Waals surface area contributed by atoms with E-state index in [2.05, 4.69) is 5.32 Å². The van der Waals surface area contributed by atoms with Crippen molar-refractivity contribution in [1.29, 1.82) is 0 Å². The van der Waals surface area contributed by atoms with Gasteiger partial charge >= 0.3 is 6.09 Å². The Bertz CT molecular complexity index is 477. The molecule has 0 bridgehead atoms. The standard InChI is InChI=1S/C9H9N3O4/c10-8(13)7-2-1-6(16-7)5-3-11-4-12(5)9(14)15/h1-3,11H,4H2,(H2,10,13)(H,14,15). The summed E-state index contributed by atoms with van der Waals surface area (Å²) in [5.74, 6) is -0.422. The van der Waals surface area contributed by atoms with Crippen molar-refractivity contribution in [2.45, 2.75) is 0 Å². The quantitative estimate of drug-likeness (QED) is 0.664. The van der Waals surface area contributed by atoms with E-state index in [1.165, 1.54) is 18.3 Å². The second kappa shape index (κ2) is 3.61. The molecule has 2 rings (SSSR count). The molecule has 0 spiro atoms. The van der Waals surface area contributed by atoms with Crippen molar-refractivity contribution >= 4 is 17.7 Å². The van der Waals surface area contributed by atoms with Gasteiger partial charge in [0, 0.05) is 6.20 Å². The zero-order valence-electron chi connectivity index (χ0n) is 8.14. The Morgan fingerprint density at radius 1 is 1.50 bits per heavy atom. The molecule has 0 unspecified atom stereocenters. The molecule has 4 N–H and O–H groups in total. The predicted octanol–water partition coefficient (Wildman–Crippen LogP) is 0.218. The first-order chi connectivity index (χ1) is 7.59. The molecular formula is C9H9N3O4. The highest BCUT2D eigenvalue weighted by Gasteiger charge is 2.25. The molecule has 1 aliphatic heterocycles. The molecule has 2 amide bonds. The minimum atomic E-state index is -1.10. The van der Waals surface area contributed by atoms with Crippen molar-refractivity contribution < 1.29 is 19.1 Å². The lowest BCUT2D eigenvalue weighted by molar-refractivity contribution is 0.0973. The minimum Gasteiger partial charge on any atom is -0.465 e. The number of rotatable bonds is 2. The SMILES string of the molecule is NC(=O)c1ccc(C2=CNCN2C(=O)O)o1. The maximum atomic E-state index is 10.8. The Labute approximate surface area is 90.1 Å². The van der Waals surface area contributed by atoms with Crippen LogP contribution in [0.25, 0.3) is 5.70 Å². The largest absolute Gasteiger partial charge is 0.465 e. The smallest absolute Gasteiger partial charge is 0.413 e. The van der Waals surface area contributed by atoms with Crippen molar-refractivity contribution in [1.82, 2.24) is 10.2 Å². The van der Waals surface area contributed by atoms with Crippen LogP contribution in [0, 0.1) is 0 Å². The molecular weight excluding hydrogens is 214 g/mol. The Balaban J connectivity index is 2.30. The first-order valence-electron chi connectivity index (χ1n) is 4.43. The second-order valence-electron chi connectivity index (χ2n) is 3.13. The summed E-state index contributed by atoms with van der Waals surface area (Å²) in [6, 6.07) is 2.89. The van der Waals surface area contributed by atoms with E-state index in [0.717, 1.165) is 4.90 Å². The topological polar surface area (TPSA) is 109 Å². The number of primary amides is 1. The van der Waals surface area contributed by atoms with Crippen molar-refractivity contribution in [3.8, 4) is 0 Å². The van der Waals surface area contributed by atoms with Crippen LogP contribution < -0.4 is 11.1 Å². The fourth-order valence-electron chi connectivity index (χ4n) is 1.38. The highest BCUT2D eigenvalue weighted by atomic mass is 16.4. The number of carboxylic acid groups (broad SMARTS) is 1. The van der Waals surface area contributed by atoms with Gasteiger partial charge in [0.25, 0.3) is 5.91 Å². The normalized spacial score (nSPS) is 14.5. The van der Waals surface area contributed by atoms with Gasteiger partial charge in [-0.3, -0.25) is 9.69 Å². The van der Waals surface area contributed by atoms with Crippen LogP contribution in [-0.4, -0.2) is 28.7 Å². The Kier molecular flexibility index (Phi) is 2.28. The summed E-state index contributed by atoms with van der Waals surface area (Å²) < 4.78 is 5.12. The number of hydrogen-bond acceptors (Lipinski definition) is 4. The molecule has 0 saturated heterocycles. The van der Waals surface area contributed by atoms with E-state index in [1.54, 1.807) is 0 Å². The summed E-state index contributed by atoms with van der Waals surface area (Å²) in [7, 11) is 0. The van der Waals surface area contributed by atoms with Gasteiger partial charge in [-0.1, -0.05) is 0 Å². The molecule has 0 radical (unpaired) electrons. The molecule has 0 saturated carbocycles. The second-order valence-corrected chi connectivity index (χ2v) is 3.13. The summed E-state index contributed by atoms with van der Waals surface area (Å²) in [5, 5.41) is 11.6. The van der Waals surface area contributed by atoms with Crippen LogP contribution in [0.15, 0.2) is 22.7 Å². The summed E-state index contributed by atoms with van der Waals surface area (Å²) in [5.41, 5.74) is 5.37. The molecule has 0 aromatic carbocycles. The van der Waals surface area contributed by atoms with Gasteiger partial charge in [-0.05, 0) is 12.1 Å². The van der Waals surface area contributed by atoms with Crippen LogP contribution >= 0.6 is 0 Å². The Morgan fingerprint density at radius 2 is 2.25 bits per heavy atom. The first-order valence-corrected chi connectivity index (χ1v) is 4.43. The zero-order chi connectivity index (χ0) is 11.7. The maximum Gasteiger partial charge on any atom is 0.413 e. The van der Waals surface area contributed by atoms with Gasteiger partial charge in [-0.15, -0.1) is 0 Å². The van der Waals surface area contributed by atoms with E-state index in [9.17, 15) is 9.59 Å². The minimum absolute atomic E-state index is 0.00635. The third-order valence-corrected chi connectivity index (χ3v) is 2.11. The first kappa shape index (κ1) is 10.1. The average Bonchev–Trinajstić information content (AvgIpc) is 2.86. The fraction of sp³-hybridized carbons (Fsp3) is 0.111. The molecule has 16 heavy (non-hydrogen) atoms. The molecule has 0 atom stereocenters. The zero-order valence-corrected chi connectivity index (χ0v) is 8.14. The molecule has 0 aliphatic carbocycles. The van der Waals surface area contributed by atoms with Gasteiger partial charge in [-0.25, -0.2) is 4.79 Å². The summed E-state index contributed by atoms with van der Waals surface area (Å²) >= 11 is 0. The van der Waals surface area contributed by atoms with Gasteiger partial charge < -0.3 is 20.6 Å². The highest BCUT2D eigenvalue weighted by Crippen LogP contribution is 2.23. The third-order valence-electron chi connectivity index (χ3n) is 2.11. The maximum absolute atomic E-state index is 10.8. The number of carbonyl (C=O) groups is 2. The molecule has 7 heteroatoms. The highest BCUT2D eigenvalue weighted by molar-refractivity contribution is 5.90. The van der Waals surface area contributed by atoms with E-state index >= 15 is 0 Å². The predicted molar refractivity (Wildman–Crippen MR) is 53.1 cm³/mol. The Morgan fingerprint density at radius 3 is 2.81 bits per heavy atom. The van der Waals surface area contributed by atoms with Gasteiger partial charge in [-0.2, -0.15) is 0 Å². The van der Waals surface area contributed by atoms with E-state index in [-0.39, 0.29) is 18.2 Å². The van der Waals surface area contributed by atoms with E-state index in [1.807, 2.05) is 0 Å². The fourth-order valence-corrected chi connectivity index (χ4v) is 1.38. The van der Waals surface area contributed by atoms with Crippen LogP contribution in [0.2, 0.25) is 0 Å². The summed E-state index contributed by atoms with van der Waals surface area (Å²) in [6.45, 7) is 0.150. The van der Waals surface area contributed by atoms with Gasteiger partial charge in [0.05, 0.1) is 6.67 Å². The molecule has 7 nitrogen and oxygen atoms in total. The van der Waals surface area contributed by atoms with Gasteiger partial charge in [0.15, 0.2) is 11.5 Å². The van der Waals surface area contributed by atoms with E-state index in [4.69, 9.17) is 15.3 Å².